The number of halogens is 4. The predicted octanol–water partition coefficient (Wildman–Crippen LogP) is 3.22. The van der Waals surface area contributed by atoms with Crippen molar-refractivity contribution in [3.63, 3.8) is 0 Å². The van der Waals surface area contributed by atoms with E-state index in [1.165, 1.54) is 0 Å². The SMILES string of the molecule is CN1c2c(F)cc(OCC(F)F)c(Cl)c2N(C)C1S. The first-order chi connectivity index (χ1) is 8.84. The predicted molar refractivity (Wildman–Crippen MR) is 72.5 cm³/mol. The summed E-state index contributed by atoms with van der Waals surface area (Å²) in [5.41, 5.74) is 0.276. The first kappa shape index (κ1) is 14.5. The van der Waals surface area contributed by atoms with Crippen molar-refractivity contribution in [2.24, 2.45) is 0 Å². The van der Waals surface area contributed by atoms with Crippen LogP contribution < -0.4 is 14.5 Å². The Morgan fingerprint density at radius 3 is 2.53 bits per heavy atom. The van der Waals surface area contributed by atoms with Crippen molar-refractivity contribution in [3.8, 4) is 5.75 Å². The van der Waals surface area contributed by atoms with Crippen LogP contribution in [0.3, 0.4) is 0 Å². The molecule has 0 radical (unpaired) electrons. The molecule has 1 heterocycles. The summed E-state index contributed by atoms with van der Waals surface area (Å²) in [5, 5.41) is 0.1000. The van der Waals surface area contributed by atoms with Crippen LogP contribution in [-0.4, -0.2) is 32.6 Å². The Bertz CT molecular complexity index is 503. The maximum absolute atomic E-state index is 14.0. The lowest BCUT2D eigenvalue weighted by molar-refractivity contribution is 0.0818. The van der Waals surface area contributed by atoms with Gasteiger partial charge in [0, 0.05) is 20.2 Å². The Morgan fingerprint density at radius 2 is 1.95 bits per heavy atom. The topological polar surface area (TPSA) is 15.7 Å². The van der Waals surface area contributed by atoms with Crippen molar-refractivity contribution >= 4 is 35.6 Å². The first-order valence-corrected chi connectivity index (χ1v) is 6.30. The monoisotopic (exact) mass is 312 g/mol. The molecule has 0 amide bonds. The minimum atomic E-state index is -2.65. The standard InChI is InChI=1S/C11H12ClF3N2OS/c1-16-9-5(13)3-6(18-4-7(14)15)8(12)10(9)17(2)11(16)19/h3,7,11,19H,4H2,1-2H3. The highest BCUT2D eigenvalue weighted by Crippen LogP contribution is 2.49. The minimum Gasteiger partial charge on any atom is -0.486 e. The summed E-state index contributed by atoms with van der Waals surface area (Å²) in [7, 11) is 3.35. The maximum atomic E-state index is 14.0. The fourth-order valence-corrected chi connectivity index (χ4v) is 2.55. The van der Waals surface area contributed by atoms with E-state index in [2.05, 4.69) is 12.6 Å². The number of nitrogens with zero attached hydrogens (tertiary/aromatic N) is 2. The number of rotatable bonds is 3. The second kappa shape index (κ2) is 5.20. The lowest BCUT2D eigenvalue weighted by atomic mass is 10.2. The number of thiol groups is 1. The van der Waals surface area contributed by atoms with Gasteiger partial charge >= 0.3 is 0 Å². The van der Waals surface area contributed by atoms with Gasteiger partial charge in [0.2, 0.25) is 0 Å². The summed E-state index contributed by atoms with van der Waals surface area (Å²) in [6, 6.07) is 1.01. The van der Waals surface area contributed by atoms with E-state index in [-0.39, 0.29) is 22.0 Å². The Balaban J connectivity index is 2.45. The molecule has 0 saturated heterocycles. The molecule has 0 fully saturated rings. The van der Waals surface area contributed by atoms with E-state index in [4.69, 9.17) is 16.3 Å². The summed E-state index contributed by atoms with van der Waals surface area (Å²) in [6.45, 7) is -0.832. The van der Waals surface area contributed by atoms with Gasteiger partial charge in [-0.3, -0.25) is 0 Å². The van der Waals surface area contributed by atoms with Gasteiger partial charge in [-0.1, -0.05) is 11.6 Å². The molecule has 1 unspecified atom stereocenters. The first-order valence-electron chi connectivity index (χ1n) is 5.41. The Morgan fingerprint density at radius 1 is 1.37 bits per heavy atom. The Labute approximate surface area is 119 Å². The third-order valence-corrected chi connectivity index (χ3v) is 3.95. The molecule has 0 saturated carbocycles. The molecular formula is C11H12ClF3N2OS. The van der Waals surface area contributed by atoms with Crippen molar-refractivity contribution in [3.05, 3.63) is 16.9 Å². The molecule has 19 heavy (non-hydrogen) atoms. The Kier molecular flexibility index (Phi) is 3.96. The fraction of sp³-hybridized carbons (Fsp3) is 0.455. The van der Waals surface area contributed by atoms with E-state index in [0.717, 1.165) is 6.07 Å². The summed E-state index contributed by atoms with van der Waals surface area (Å²) in [4.78, 5) is 3.23. The second-order valence-corrected chi connectivity index (χ2v) is 4.98. The summed E-state index contributed by atoms with van der Waals surface area (Å²) in [6.07, 6.45) is -2.65. The molecule has 1 aliphatic rings. The van der Waals surface area contributed by atoms with Crippen molar-refractivity contribution in [2.75, 3.05) is 30.5 Å². The molecule has 0 aromatic heterocycles. The molecule has 1 aliphatic heterocycles. The highest BCUT2D eigenvalue weighted by atomic mass is 35.5. The van der Waals surface area contributed by atoms with E-state index in [1.807, 2.05) is 0 Å². The zero-order chi connectivity index (χ0) is 14.3. The lowest BCUT2D eigenvalue weighted by Crippen LogP contribution is -2.33. The summed E-state index contributed by atoms with van der Waals surface area (Å²) < 4.78 is 43.1. The van der Waals surface area contributed by atoms with Gasteiger partial charge in [0.15, 0.2) is 5.82 Å². The van der Waals surface area contributed by atoms with Crippen molar-refractivity contribution in [1.82, 2.24) is 0 Å². The molecular weight excluding hydrogens is 301 g/mol. The largest absolute Gasteiger partial charge is 0.486 e. The van der Waals surface area contributed by atoms with Crippen molar-refractivity contribution < 1.29 is 17.9 Å². The fourth-order valence-electron chi connectivity index (χ4n) is 1.99. The van der Waals surface area contributed by atoms with Gasteiger partial charge in [-0.25, -0.2) is 13.2 Å². The van der Waals surface area contributed by atoms with Crippen LogP contribution in [0, 0.1) is 5.82 Å². The van der Waals surface area contributed by atoms with Gasteiger partial charge in [0.1, 0.15) is 28.6 Å². The number of hydrogen-bond donors (Lipinski definition) is 1. The molecule has 2 rings (SSSR count). The average molecular weight is 313 g/mol. The van der Waals surface area contributed by atoms with Gasteiger partial charge in [-0.15, -0.1) is 12.6 Å². The molecule has 1 aromatic carbocycles. The van der Waals surface area contributed by atoms with E-state index >= 15 is 0 Å². The van der Waals surface area contributed by atoms with Crippen LogP contribution in [0.15, 0.2) is 6.07 Å². The molecule has 0 aliphatic carbocycles. The third-order valence-electron chi connectivity index (χ3n) is 2.90. The van der Waals surface area contributed by atoms with E-state index in [0.29, 0.717) is 5.69 Å². The molecule has 1 atom stereocenters. The zero-order valence-electron chi connectivity index (χ0n) is 10.2. The highest BCUT2D eigenvalue weighted by Gasteiger charge is 2.35. The van der Waals surface area contributed by atoms with Crippen LogP contribution in [0.1, 0.15) is 0 Å². The Hall–Kier alpha value is -0.950. The van der Waals surface area contributed by atoms with Gasteiger partial charge < -0.3 is 14.5 Å². The van der Waals surface area contributed by atoms with E-state index in [9.17, 15) is 13.2 Å². The number of ether oxygens (including phenoxy) is 1. The maximum Gasteiger partial charge on any atom is 0.272 e. The molecule has 3 nitrogen and oxygen atoms in total. The van der Waals surface area contributed by atoms with Gasteiger partial charge in [-0.05, 0) is 0 Å². The second-order valence-electron chi connectivity index (χ2n) is 4.14. The van der Waals surface area contributed by atoms with Crippen LogP contribution in [0.2, 0.25) is 5.02 Å². The zero-order valence-corrected chi connectivity index (χ0v) is 11.9. The quantitative estimate of drug-likeness (QED) is 0.863. The number of hydrogen-bond acceptors (Lipinski definition) is 4. The number of anilines is 2. The minimum absolute atomic E-state index is 0.0964. The molecule has 0 spiro atoms. The van der Waals surface area contributed by atoms with Crippen LogP contribution >= 0.6 is 24.2 Å². The van der Waals surface area contributed by atoms with Gasteiger partial charge in [0.05, 0.1) is 5.69 Å². The highest BCUT2D eigenvalue weighted by molar-refractivity contribution is 7.81. The van der Waals surface area contributed by atoms with Crippen LogP contribution in [0.4, 0.5) is 24.5 Å². The summed E-state index contributed by atoms with van der Waals surface area (Å²) >= 11 is 10.4. The van der Waals surface area contributed by atoms with Gasteiger partial charge in [-0.2, -0.15) is 0 Å². The van der Waals surface area contributed by atoms with Crippen LogP contribution in [0.25, 0.3) is 0 Å². The normalized spacial score (nSPS) is 18.2. The van der Waals surface area contributed by atoms with Gasteiger partial charge in [0.25, 0.3) is 6.43 Å². The smallest absolute Gasteiger partial charge is 0.272 e. The summed E-state index contributed by atoms with van der Waals surface area (Å²) in [5.74, 6) is -0.685. The van der Waals surface area contributed by atoms with E-state index in [1.54, 1.807) is 23.9 Å². The number of alkyl halides is 2. The number of benzene rings is 1. The van der Waals surface area contributed by atoms with Crippen LogP contribution in [-0.2, 0) is 0 Å². The van der Waals surface area contributed by atoms with Crippen LogP contribution in [0.5, 0.6) is 5.75 Å². The molecule has 0 N–H and O–H groups in total. The van der Waals surface area contributed by atoms with Crippen molar-refractivity contribution in [2.45, 2.75) is 11.9 Å². The lowest BCUT2D eigenvalue weighted by Gasteiger charge is -2.22. The molecule has 106 valence electrons. The average Bonchev–Trinajstić information content (AvgIpc) is 2.57. The molecule has 8 heteroatoms. The molecule has 1 aromatic rings. The number of fused-ring (bicyclic) bond motifs is 1. The molecule has 0 bridgehead atoms. The third kappa shape index (κ3) is 2.41. The van der Waals surface area contributed by atoms with Crippen molar-refractivity contribution in [1.29, 1.82) is 0 Å². The van der Waals surface area contributed by atoms with E-state index < -0.39 is 18.8 Å².